The van der Waals surface area contributed by atoms with E-state index in [1.165, 1.54) is 12.5 Å². The predicted molar refractivity (Wildman–Crippen MR) is 93.6 cm³/mol. The molecule has 7 nitrogen and oxygen atoms in total. The lowest BCUT2D eigenvalue weighted by molar-refractivity contribution is 0.0715. The highest BCUT2D eigenvalue weighted by atomic mass is 19.3. The summed E-state index contributed by atoms with van der Waals surface area (Å²) >= 11 is 0. The van der Waals surface area contributed by atoms with E-state index in [9.17, 15) is 18.4 Å². The van der Waals surface area contributed by atoms with Crippen molar-refractivity contribution in [2.45, 2.75) is 31.9 Å². The van der Waals surface area contributed by atoms with E-state index in [-0.39, 0.29) is 17.1 Å². The number of nitrogens with zero attached hydrogens (tertiary/aromatic N) is 4. The number of aromatic amines is 1. The minimum Gasteiger partial charge on any atom is -0.341 e. The highest BCUT2D eigenvalue weighted by molar-refractivity contribution is 5.92. The highest BCUT2D eigenvalue weighted by Gasteiger charge is 2.35. The van der Waals surface area contributed by atoms with Crippen LogP contribution in [0, 0.1) is 0 Å². The summed E-state index contributed by atoms with van der Waals surface area (Å²) in [5.41, 5.74) is 0.228. The number of carbonyl (C=O) groups is 1. The van der Waals surface area contributed by atoms with Crippen LogP contribution >= 0.6 is 0 Å². The van der Waals surface area contributed by atoms with E-state index in [2.05, 4.69) is 15.0 Å². The molecule has 0 bridgehead atoms. The molecule has 140 valence electrons. The largest absolute Gasteiger partial charge is 0.341 e. The van der Waals surface area contributed by atoms with Crippen molar-refractivity contribution >= 4 is 16.8 Å². The molecule has 3 aromatic rings. The van der Waals surface area contributed by atoms with Crippen LogP contribution in [0.1, 0.15) is 35.2 Å². The number of likely N-dealkylation sites (tertiary alicyclic amines) is 1. The predicted octanol–water partition coefficient (Wildman–Crippen LogP) is 2.36. The number of hydrogen-bond donors (Lipinski definition) is 1. The standard InChI is InChI=1S/C18H17F2N5O2/c19-15(20)9-25-16(23-12-5-2-1-4-11(12)17(25)26)14-6-3-7-24(14)18(27)13-8-21-10-22-13/h1-2,4-5,8,10,14-15H,3,6-7,9H2,(H,21,22). The fraction of sp³-hybridized carbons (Fsp3) is 0.333. The number of halogens is 2. The number of imidazole rings is 1. The first-order valence-corrected chi connectivity index (χ1v) is 8.63. The molecule has 4 rings (SSSR count). The Morgan fingerprint density at radius 2 is 2.15 bits per heavy atom. The molecule has 1 aliphatic heterocycles. The molecule has 1 atom stereocenters. The van der Waals surface area contributed by atoms with Gasteiger partial charge in [0, 0.05) is 6.54 Å². The first-order chi connectivity index (χ1) is 13.1. The number of aromatic nitrogens is 4. The third-order valence-electron chi connectivity index (χ3n) is 4.75. The van der Waals surface area contributed by atoms with Crippen molar-refractivity contribution in [2.75, 3.05) is 6.54 Å². The Balaban J connectivity index is 1.84. The average molecular weight is 373 g/mol. The summed E-state index contributed by atoms with van der Waals surface area (Å²) in [6.45, 7) is -0.297. The molecule has 1 saturated heterocycles. The Morgan fingerprint density at radius 3 is 2.89 bits per heavy atom. The Bertz CT molecular complexity index is 1030. The SMILES string of the molecule is O=C(c1cnc[nH]1)N1CCCC1c1nc2ccccc2c(=O)n1CC(F)F. The monoisotopic (exact) mass is 373 g/mol. The maximum absolute atomic E-state index is 13.2. The van der Waals surface area contributed by atoms with E-state index in [4.69, 9.17) is 0 Å². The Morgan fingerprint density at radius 1 is 1.33 bits per heavy atom. The summed E-state index contributed by atoms with van der Waals surface area (Å²) in [5, 5.41) is 0.284. The molecule has 1 aromatic carbocycles. The van der Waals surface area contributed by atoms with Gasteiger partial charge in [-0.3, -0.25) is 14.2 Å². The number of fused-ring (bicyclic) bond motifs is 1. The number of H-pyrrole nitrogens is 1. The van der Waals surface area contributed by atoms with Gasteiger partial charge in [-0.2, -0.15) is 0 Å². The fourth-order valence-corrected chi connectivity index (χ4v) is 3.56. The van der Waals surface area contributed by atoms with Gasteiger partial charge in [0.25, 0.3) is 17.9 Å². The van der Waals surface area contributed by atoms with Gasteiger partial charge < -0.3 is 9.88 Å². The molecule has 1 fully saturated rings. The van der Waals surface area contributed by atoms with Crippen LogP contribution in [0.15, 0.2) is 41.6 Å². The molecule has 3 heterocycles. The van der Waals surface area contributed by atoms with Gasteiger partial charge in [0.05, 0.1) is 36.0 Å². The van der Waals surface area contributed by atoms with Gasteiger partial charge in [-0.1, -0.05) is 12.1 Å². The van der Waals surface area contributed by atoms with Gasteiger partial charge >= 0.3 is 0 Å². The van der Waals surface area contributed by atoms with Crippen LogP contribution in [0.2, 0.25) is 0 Å². The number of benzene rings is 1. The molecule has 1 unspecified atom stereocenters. The van der Waals surface area contributed by atoms with E-state index in [0.717, 1.165) is 4.57 Å². The van der Waals surface area contributed by atoms with Crippen molar-refractivity contribution in [3.63, 3.8) is 0 Å². The first-order valence-electron chi connectivity index (χ1n) is 8.63. The fourth-order valence-electron chi connectivity index (χ4n) is 3.56. The molecule has 0 aliphatic carbocycles. The number of para-hydroxylation sites is 1. The van der Waals surface area contributed by atoms with E-state index in [0.29, 0.717) is 30.6 Å². The molecule has 2 aromatic heterocycles. The number of carbonyl (C=O) groups excluding carboxylic acids is 1. The van der Waals surface area contributed by atoms with Gasteiger partial charge in [-0.25, -0.2) is 18.7 Å². The lowest BCUT2D eigenvalue weighted by Gasteiger charge is -2.26. The topological polar surface area (TPSA) is 83.9 Å². The number of nitrogens with one attached hydrogen (secondary N) is 1. The van der Waals surface area contributed by atoms with Crippen molar-refractivity contribution in [3.05, 3.63) is 58.7 Å². The molecule has 27 heavy (non-hydrogen) atoms. The summed E-state index contributed by atoms with van der Waals surface area (Å²) in [6, 6.07) is 6.10. The summed E-state index contributed by atoms with van der Waals surface area (Å²) in [6.07, 6.45) is 1.36. The minimum atomic E-state index is -2.71. The zero-order chi connectivity index (χ0) is 19.0. The first kappa shape index (κ1) is 17.3. The molecule has 1 N–H and O–H groups in total. The third-order valence-corrected chi connectivity index (χ3v) is 4.75. The van der Waals surface area contributed by atoms with Crippen LogP contribution in [0.5, 0.6) is 0 Å². The molecule has 0 spiro atoms. The molecule has 1 amide bonds. The molecule has 1 aliphatic rings. The maximum atomic E-state index is 13.2. The zero-order valence-corrected chi connectivity index (χ0v) is 14.3. The summed E-state index contributed by atoms with van der Waals surface area (Å²) in [5.74, 6) is -0.0923. The lowest BCUT2D eigenvalue weighted by Crippen LogP contribution is -2.36. The summed E-state index contributed by atoms with van der Waals surface area (Å²) in [4.78, 5) is 38.3. The van der Waals surface area contributed by atoms with E-state index in [1.54, 1.807) is 29.2 Å². The number of alkyl halides is 2. The van der Waals surface area contributed by atoms with Crippen molar-refractivity contribution in [1.29, 1.82) is 0 Å². The van der Waals surface area contributed by atoms with E-state index < -0.39 is 24.6 Å². The zero-order valence-electron chi connectivity index (χ0n) is 14.3. The van der Waals surface area contributed by atoms with Crippen molar-refractivity contribution < 1.29 is 13.6 Å². The molecular weight excluding hydrogens is 356 g/mol. The van der Waals surface area contributed by atoms with Gasteiger partial charge in [0.1, 0.15) is 11.5 Å². The Kier molecular flexibility index (Phi) is 4.43. The molecule has 0 saturated carbocycles. The van der Waals surface area contributed by atoms with Crippen LogP contribution in [-0.4, -0.2) is 43.3 Å². The van der Waals surface area contributed by atoms with Crippen LogP contribution < -0.4 is 5.56 Å². The average Bonchev–Trinajstić information content (AvgIpc) is 3.35. The third kappa shape index (κ3) is 3.09. The summed E-state index contributed by atoms with van der Waals surface area (Å²) < 4.78 is 27.3. The molecule has 9 heteroatoms. The van der Waals surface area contributed by atoms with Crippen molar-refractivity contribution in [3.8, 4) is 0 Å². The second-order valence-electron chi connectivity index (χ2n) is 6.42. The van der Waals surface area contributed by atoms with E-state index in [1.807, 2.05) is 0 Å². The van der Waals surface area contributed by atoms with Gasteiger partial charge in [-0.15, -0.1) is 0 Å². The summed E-state index contributed by atoms with van der Waals surface area (Å²) in [7, 11) is 0. The van der Waals surface area contributed by atoms with Crippen LogP contribution in [0.3, 0.4) is 0 Å². The van der Waals surface area contributed by atoms with Gasteiger partial charge in [-0.05, 0) is 25.0 Å². The van der Waals surface area contributed by atoms with Crippen molar-refractivity contribution in [1.82, 2.24) is 24.4 Å². The second kappa shape index (κ2) is 6.90. The smallest absolute Gasteiger partial charge is 0.272 e. The number of rotatable bonds is 4. The minimum absolute atomic E-state index is 0.198. The molecular formula is C18H17F2N5O2. The Labute approximate surface area is 152 Å². The highest BCUT2D eigenvalue weighted by Crippen LogP contribution is 2.32. The Hall–Kier alpha value is -3.10. The van der Waals surface area contributed by atoms with E-state index >= 15 is 0 Å². The van der Waals surface area contributed by atoms with Crippen LogP contribution in [0.25, 0.3) is 10.9 Å². The number of hydrogen-bond acceptors (Lipinski definition) is 4. The maximum Gasteiger partial charge on any atom is 0.272 e. The number of amides is 1. The second-order valence-corrected chi connectivity index (χ2v) is 6.42. The quantitative estimate of drug-likeness (QED) is 0.761. The van der Waals surface area contributed by atoms with Crippen LogP contribution in [-0.2, 0) is 6.54 Å². The van der Waals surface area contributed by atoms with Crippen molar-refractivity contribution in [2.24, 2.45) is 0 Å². The molecule has 0 radical (unpaired) electrons. The lowest BCUT2D eigenvalue weighted by atomic mass is 10.1. The van der Waals surface area contributed by atoms with Crippen LogP contribution in [0.4, 0.5) is 8.78 Å². The van der Waals surface area contributed by atoms with Gasteiger partial charge in [0.15, 0.2) is 0 Å². The van der Waals surface area contributed by atoms with Gasteiger partial charge in [0.2, 0.25) is 0 Å². The normalized spacial score (nSPS) is 17.1.